The molecule has 1 aliphatic carbocycles. The van der Waals surface area contributed by atoms with Gasteiger partial charge in [0.2, 0.25) is 0 Å². The summed E-state index contributed by atoms with van der Waals surface area (Å²) < 4.78 is 5.62. The minimum absolute atomic E-state index is 0.133. The molecule has 0 aromatic carbocycles. The Morgan fingerprint density at radius 1 is 1.32 bits per heavy atom. The van der Waals surface area contributed by atoms with Gasteiger partial charge in [0.15, 0.2) is 11.6 Å². The van der Waals surface area contributed by atoms with E-state index in [-0.39, 0.29) is 6.10 Å². The SMILES string of the molecule is Nc1nc(C2CC2)nc(NCC2CNCCO2)c1N. The lowest BCUT2D eigenvalue weighted by Gasteiger charge is -2.24. The van der Waals surface area contributed by atoms with Gasteiger partial charge in [-0.3, -0.25) is 0 Å². The molecule has 1 aromatic rings. The summed E-state index contributed by atoms with van der Waals surface area (Å²) in [5.74, 6) is 2.25. The van der Waals surface area contributed by atoms with E-state index >= 15 is 0 Å². The molecule has 1 unspecified atom stereocenters. The molecule has 7 heteroatoms. The molecule has 1 saturated heterocycles. The van der Waals surface area contributed by atoms with E-state index in [2.05, 4.69) is 20.6 Å². The third-order valence-corrected chi connectivity index (χ3v) is 3.44. The van der Waals surface area contributed by atoms with Gasteiger partial charge in [-0.2, -0.15) is 0 Å². The van der Waals surface area contributed by atoms with Crippen molar-refractivity contribution in [3.8, 4) is 0 Å². The number of nitrogens with zero attached hydrogens (tertiary/aromatic N) is 2. The van der Waals surface area contributed by atoms with Crippen LogP contribution in [0, 0.1) is 0 Å². The van der Waals surface area contributed by atoms with E-state index in [4.69, 9.17) is 16.2 Å². The van der Waals surface area contributed by atoms with Gasteiger partial charge in [-0.05, 0) is 12.8 Å². The molecule has 0 bridgehead atoms. The summed E-state index contributed by atoms with van der Waals surface area (Å²) in [4.78, 5) is 8.72. The minimum Gasteiger partial charge on any atom is -0.393 e. The number of aromatic nitrogens is 2. The molecule has 2 heterocycles. The number of nitrogen functional groups attached to an aromatic ring is 2. The van der Waals surface area contributed by atoms with Crippen molar-refractivity contribution in [2.24, 2.45) is 0 Å². The normalized spacial score (nSPS) is 23.3. The van der Waals surface area contributed by atoms with Crippen LogP contribution in [0.4, 0.5) is 17.3 Å². The number of morpholine rings is 1. The van der Waals surface area contributed by atoms with E-state index in [1.54, 1.807) is 0 Å². The number of nitrogens with two attached hydrogens (primary N) is 2. The second-order valence-electron chi connectivity index (χ2n) is 5.08. The Balaban J connectivity index is 1.68. The molecular weight excluding hydrogens is 244 g/mol. The Morgan fingerprint density at radius 3 is 2.84 bits per heavy atom. The fourth-order valence-electron chi connectivity index (χ4n) is 2.12. The van der Waals surface area contributed by atoms with E-state index in [0.29, 0.717) is 29.8 Å². The van der Waals surface area contributed by atoms with Crippen molar-refractivity contribution in [2.75, 3.05) is 43.0 Å². The molecule has 19 heavy (non-hydrogen) atoms. The molecular formula is C12H20N6O. The minimum atomic E-state index is 0.133. The van der Waals surface area contributed by atoms with Crippen LogP contribution in [0.25, 0.3) is 0 Å². The van der Waals surface area contributed by atoms with Crippen LogP contribution in [0.5, 0.6) is 0 Å². The van der Waals surface area contributed by atoms with Crippen LogP contribution < -0.4 is 22.1 Å². The predicted octanol–water partition coefficient (Wildman–Crippen LogP) is -0.0813. The van der Waals surface area contributed by atoms with Crippen LogP contribution in [0.1, 0.15) is 24.6 Å². The van der Waals surface area contributed by atoms with Gasteiger partial charge < -0.3 is 26.8 Å². The second kappa shape index (κ2) is 5.18. The van der Waals surface area contributed by atoms with Crippen LogP contribution in [0.15, 0.2) is 0 Å². The summed E-state index contributed by atoms with van der Waals surface area (Å²) in [5.41, 5.74) is 12.2. The Morgan fingerprint density at radius 2 is 2.16 bits per heavy atom. The average Bonchev–Trinajstić information content (AvgIpc) is 3.26. The molecule has 6 N–H and O–H groups in total. The molecule has 1 atom stereocenters. The smallest absolute Gasteiger partial charge is 0.155 e. The van der Waals surface area contributed by atoms with Crippen LogP contribution >= 0.6 is 0 Å². The first kappa shape index (κ1) is 12.4. The predicted molar refractivity (Wildman–Crippen MR) is 73.9 cm³/mol. The highest BCUT2D eigenvalue weighted by Crippen LogP contribution is 2.39. The van der Waals surface area contributed by atoms with Crippen molar-refractivity contribution in [1.82, 2.24) is 15.3 Å². The van der Waals surface area contributed by atoms with Crippen molar-refractivity contribution < 1.29 is 4.74 Å². The van der Waals surface area contributed by atoms with E-state index in [0.717, 1.165) is 38.4 Å². The van der Waals surface area contributed by atoms with E-state index < -0.39 is 0 Å². The molecule has 104 valence electrons. The lowest BCUT2D eigenvalue weighted by Crippen LogP contribution is -2.42. The molecule has 7 nitrogen and oxygen atoms in total. The van der Waals surface area contributed by atoms with Gasteiger partial charge in [0.25, 0.3) is 0 Å². The average molecular weight is 264 g/mol. The van der Waals surface area contributed by atoms with Crippen LogP contribution in [-0.4, -0.2) is 42.3 Å². The molecule has 1 aliphatic heterocycles. The number of rotatable bonds is 4. The summed E-state index contributed by atoms with van der Waals surface area (Å²) in [7, 11) is 0. The maximum atomic E-state index is 5.92. The molecule has 2 fully saturated rings. The Hall–Kier alpha value is -1.60. The summed E-state index contributed by atoms with van der Waals surface area (Å²) in [6, 6.07) is 0. The van der Waals surface area contributed by atoms with Gasteiger partial charge >= 0.3 is 0 Å². The van der Waals surface area contributed by atoms with Gasteiger partial charge in [-0.15, -0.1) is 0 Å². The van der Waals surface area contributed by atoms with Crippen molar-refractivity contribution in [1.29, 1.82) is 0 Å². The number of hydrogen-bond acceptors (Lipinski definition) is 7. The number of ether oxygens (including phenoxy) is 1. The van der Waals surface area contributed by atoms with Gasteiger partial charge in [0.1, 0.15) is 11.5 Å². The van der Waals surface area contributed by atoms with Gasteiger partial charge in [0.05, 0.1) is 12.7 Å². The Bertz CT molecular complexity index is 456. The standard InChI is InChI=1S/C12H20N6O/c13-9-10(14)17-11(7-1-2-7)18-12(9)16-6-8-5-15-3-4-19-8/h7-8,15H,1-6,13H2,(H3,14,16,17,18). The van der Waals surface area contributed by atoms with E-state index in [1.807, 2.05) is 0 Å². The maximum absolute atomic E-state index is 5.92. The summed E-state index contributed by atoms with van der Waals surface area (Å²) in [6.07, 6.45) is 2.41. The van der Waals surface area contributed by atoms with Gasteiger partial charge in [0, 0.05) is 25.6 Å². The topological polar surface area (TPSA) is 111 Å². The lowest BCUT2D eigenvalue weighted by molar-refractivity contribution is 0.0372. The summed E-state index contributed by atoms with van der Waals surface area (Å²) in [5, 5.41) is 6.51. The summed E-state index contributed by atoms with van der Waals surface area (Å²) in [6.45, 7) is 3.15. The Labute approximate surface area is 112 Å². The van der Waals surface area contributed by atoms with E-state index in [9.17, 15) is 0 Å². The molecule has 1 aromatic heterocycles. The van der Waals surface area contributed by atoms with E-state index in [1.165, 1.54) is 0 Å². The number of hydrogen-bond donors (Lipinski definition) is 4. The highest BCUT2D eigenvalue weighted by atomic mass is 16.5. The zero-order valence-corrected chi connectivity index (χ0v) is 10.9. The van der Waals surface area contributed by atoms with Gasteiger partial charge in [-0.25, -0.2) is 9.97 Å². The van der Waals surface area contributed by atoms with Crippen LogP contribution in [-0.2, 0) is 4.74 Å². The third-order valence-electron chi connectivity index (χ3n) is 3.44. The van der Waals surface area contributed by atoms with Crippen LogP contribution in [0.3, 0.4) is 0 Å². The van der Waals surface area contributed by atoms with Crippen LogP contribution in [0.2, 0.25) is 0 Å². The zero-order valence-electron chi connectivity index (χ0n) is 10.9. The van der Waals surface area contributed by atoms with Crippen molar-refractivity contribution >= 4 is 17.3 Å². The molecule has 3 rings (SSSR count). The highest BCUT2D eigenvalue weighted by Gasteiger charge is 2.28. The van der Waals surface area contributed by atoms with Crippen molar-refractivity contribution in [2.45, 2.75) is 24.9 Å². The first-order chi connectivity index (χ1) is 9.24. The molecule has 0 radical (unpaired) electrons. The first-order valence-electron chi connectivity index (χ1n) is 6.73. The quantitative estimate of drug-likeness (QED) is 0.602. The molecule has 0 spiro atoms. The summed E-state index contributed by atoms with van der Waals surface area (Å²) >= 11 is 0. The van der Waals surface area contributed by atoms with Gasteiger partial charge in [-0.1, -0.05) is 0 Å². The third kappa shape index (κ3) is 2.87. The fraction of sp³-hybridized carbons (Fsp3) is 0.667. The number of anilines is 3. The largest absolute Gasteiger partial charge is 0.393 e. The highest BCUT2D eigenvalue weighted by molar-refractivity contribution is 5.72. The number of nitrogens with one attached hydrogen (secondary N) is 2. The molecule has 1 saturated carbocycles. The fourth-order valence-corrected chi connectivity index (χ4v) is 2.12. The zero-order chi connectivity index (χ0) is 13.2. The second-order valence-corrected chi connectivity index (χ2v) is 5.08. The molecule has 2 aliphatic rings. The first-order valence-corrected chi connectivity index (χ1v) is 6.73. The Kier molecular flexibility index (Phi) is 3.39. The lowest BCUT2D eigenvalue weighted by atomic mass is 10.3. The van der Waals surface area contributed by atoms with Crippen molar-refractivity contribution in [3.63, 3.8) is 0 Å². The monoisotopic (exact) mass is 264 g/mol. The molecule has 0 amide bonds. The maximum Gasteiger partial charge on any atom is 0.155 e. The van der Waals surface area contributed by atoms with Crippen molar-refractivity contribution in [3.05, 3.63) is 5.82 Å².